The third-order valence-corrected chi connectivity index (χ3v) is 1.51. The first-order valence-electron chi connectivity index (χ1n) is 3.26. The predicted molar refractivity (Wildman–Crippen MR) is 38.0 cm³/mol. The summed E-state index contributed by atoms with van der Waals surface area (Å²) in [6.07, 6.45) is 3.26. The van der Waals surface area contributed by atoms with Gasteiger partial charge in [0.05, 0.1) is 0 Å². The average molecular weight is 150 g/mol. The van der Waals surface area contributed by atoms with Crippen LogP contribution in [0.3, 0.4) is 0 Å². The molecule has 56 valence electrons. The molecule has 0 spiro atoms. The van der Waals surface area contributed by atoms with Crippen LogP contribution in [0.15, 0.2) is 27.1 Å². The smallest absolute Gasteiger partial charge is 0.251 e. The second kappa shape index (κ2) is 2.26. The number of carbonyl (C=O) groups excluding carboxylic acids is 1. The van der Waals surface area contributed by atoms with E-state index in [0.717, 1.165) is 0 Å². The van der Waals surface area contributed by atoms with Crippen molar-refractivity contribution in [3.05, 3.63) is 11.9 Å². The van der Waals surface area contributed by atoms with Crippen molar-refractivity contribution in [3.8, 4) is 0 Å². The Kier molecular flexibility index (Phi) is 1.28. The molecule has 0 aliphatic carbocycles. The second-order valence-corrected chi connectivity index (χ2v) is 2.22. The Labute approximate surface area is 63.1 Å². The molecule has 2 aliphatic rings. The number of nitrogens with zero attached hydrogens (tertiary/aromatic N) is 4. The van der Waals surface area contributed by atoms with Crippen LogP contribution in [0.4, 0.5) is 0 Å². The van der Waals surface area contributed by atoms with Crippen LogP contribution in [0, 0.1) is 0 Å². The van der Waals surface area contributed by atoms with Gasteiger partial charge in [0.15, 0.2) is 5.82 Å². The fourth-order valence-electron chi connectivity index (χ4n) is 0.959. The van der Waals surface area contributed by atoms with Gasteiger partial charge in [-0.3, -0.25) is 14.7 Å². The van der Waals surface area contributed by atoms with Crippen molar-refractivity contribution in [2.45, 2.75) is 0 Å². The van der Waals surface area contributed by atoms with Crippen LogP contribution in [0.5, 0.6) is 0 Å². The van der Waals surface area contributed by atoms with Gasteiger partial charge >= 0.3 is 0 Å². The molecular formula is C6H6N4O. The fraction of sp³-hybridized carbons (Fsp3) is 0.333. The lowest BCUT2D eigenvalue weighted by Crippen LogP contribution is -2.27. The van der Waals surface area contributed by atoms with E-state index in [0.29, 0.717) is 12.5 Å². The van der Waals surface area contributed by atoms with Crippen molar-refractivity contribution in [2.24, 2.45) is 15.2 Å². The first kappa shape index (κ1) is 6.21. The number of aliphatic imine (C=N–C) groups is 1. The summed E-state index contributed by atoms with van der Waals surface area (Å²) in [6, 6.07) is 0. The van der Waals surface area contributed by atoms with Crippen molar-refractivity contribution in [2.75, 3.05) is 13.2 Å². The third kappa shape index (κ3) is 0.938. The summed E-state index contributed by atoms with van der Waals surface area (Å²) in [6.45, 7) is 0.541. The monoisotopic (exact) mass is 150 g/mol. The molecule has 0 bridgehead atoms. The summed E-state index contributed by atoms with van der Waals surface area (Å²) in [5, 5.41) is 7.49. The highest BCUT2D eigenvalue weighted by Crippen LogP contribution is 2.14. The van der Waals surface area contributed by atoms with E-state index >= 15 is 0 Å². The van der Waals surface area contributed by atoms with Gasteiger partial charge in [-0.1, -0.05) is 0 Å². The lowest BCUT2D eigenvalue weighted by atomic mass is 10.5. The molecular weight excluding hydrogens is 144 g/mol. The zero-order valence-electron chi connectivity index (χ0n) is 5.77. The maximum Gasteiger partial charge on any atom is 0.251 e. The van der Waals surface area contributed by atoms with Crippen LogP contribution in [0.25, 0.3) is 0 Å². The highest BCUT2D eigenvalue weighted by atomic mass is 16.2. The Hall–Kier alpha value is -1.52. The average Bonchev–Trinajstić information content (AvgIpc) is 2.40. The van der Waals surface area contributed by atoms with Gasteiger partial charge in [0.2, 0.25) is 0 Å². The zero-order chi connectivity index (χ0) is 7.68. The van der Waals surface area contributed by atoms with E-state index in [2.05, 4.69) is 15.2 Å². The van der Waals surface area contributed by atoms with Gasteiger partial charge in [0.25, 0.3) is 5.91 Å². The molecule has 0 radical (unpaired) electrons. The predicted octanol–water partition coefficient (Wildman–Crippen LogP) is 0.164. The Morgan fingerprint density at radius 3 is 3.36 bits per heavy atom. The van der Waals surface area contributed by atoms with Gasteiger partial charge < -0.3 is 0 Å². The van der Waals surface area contributed by atoms with E-state index in [-0.39, 0.29) is 12.5 Å². The van der Waals surface area contributed by atoms with Gasteiger partial charge in [0, 0.05) is 12.3 Å². The van der Waals surface area contributed by atoms with Crippen LogP contribution in [0.1, 0.15) is 0 Å². The lowest BCUT2D eigenvalue weighted by molar-refractivity contribution is -0.127. The van der Waals surface area contributed by atoms with Crippen LogP contribution >= 0.6 is 0 Å². The van der Waals surface area contributed by atoms with E-state index in [9.17, 15) is 4.79 Å². The van der Waals surface area contributed by atoms with Crippen molar-refractivity contribution >= 4 is 12.1 Å². The van der Waals surface area contributed by atoms with Crippen LogP contribution < -0.4 is 0 Å². The summed E-state index contributed by atoms with van der Waals surface area (Å²) >= 11 is 0. The SMILES string of the molecule is O=C1CN=CC=C2N=NCN12. The highest BCUT2D eigenvalue weighted by molar-refractivity contribution is 5.86. The summed E-state index contributed by atoms with van der Waals surface area (Å²) in [7, 11) is 0. The second-order valence-electron chi connectivity index (χ2n) is 2.22. The number of allylic oxidation sites excluding steroid dienone is 1. The van der Waals surface area contributed by atoms with E-state index in [1.54, 1.807) is 12.3 Å². The Morgan fingerprint density at radius 1 is 1.55 bits per heavy atom. The number of hydrogen-bond acceptors (Lipinski definition) is 4. The van der Waals surface area contributed by atoms with Gasteiger partial charge in [-0.2, -0.15) is 5.11 Å². The van der Waals surface area contributed by atoms with Crippen molar-refractivity contribution in [3.63, 3.8) is 0 Å². The summed E-state index contributed by atoms with van der Waals surface area (Å²) in [4.78, 5) is 16.5. The number of hydrogen-bond donors (Lipinski definition) is 0. The summed E-state index contributed by atoms with van der Waals surface area (Å²) < 4.78 is 0. The fourth-order valence-corrected chi connectivity index (χ4v) is 0.959. The molecule has 0 saturated carbocycles. The number of carbonyl (C=O) groups is 1. The quantitative estimate of drug-likeness (QED) is 0.485. The van der Waals surface area contributed by atoms with Crippen LogP contribution in [-0.4, -0.2) is 30.2 Å². The number of azo groups is 1. The van der Waals surface area contributed by atoms with Crippen LogP contribution in [-0.2, 0) is 4.79 Å². The number of rotatable bonds is 0. The maximum atomic E-state index is 11.1. The van der Waals surface area contributed by atoms with E-state index in [1.165, 1.54) is 4.90 Å². The van der Waals surface area contributed by atoms with Gasteiger partial charge in [-0.15, -0.1) is 5.11 Å². The molecule has 0 atom stereocenters. The molecule has 0 aromatic carbocycles. The van der Waals surface area contributed by atoms with Gasteiger partial charge in [0.1, 0.15) is 13.2 Å². The molecule has 0 unspecified atom stereocenters. The number of amides is 1. The maximum absolute atomic E-state index is 11.1. The van der Waals surface area contributed by atoms with Crippen molar-refractivity contribution in [1.29, 1.82) is 0 Å². The van der Waals surface area contributed by atoms with Crippen molar-refractivity contribution < 1.29 is 4.79 Å². The molecule has 5 heteroatoms. The third-order valence-electron chi connectivity index (χ3n) is 1.51. The normalized spacial score (nSPS) is 21.6. The molecule has 2 aliphatic heterocycles. The Balaban J connectivity index is 2.34. The Bertz CT molecular complexity index is 278. The molecule has 11 heavy (non-hydrogen) atoms. The minimum atomic E-state index is -0.0463. The molecule has 1 amide bonds. The van der Waals surface area contributed by atoms with Gasteiger partial charge in [-0.05, 0) is 0 Å². The van der Waals surface area contributed by atoms with E-state index in [1.807, 2.05) is 0 Å². The largest absolute Gasteiger partial charge is 0.283 e. The molecule has 0 saturated heterocycles. The van der Waals surface area contributed by atoms with Gasteiger partial charge in [-0.25, -0.2) is 0 Å². The summed E-state index contributed by atoms with van der Waals surface area (Å²) in [5.74, 6) is 0.547. The summed E-state index contributed by atoms with van der Waals surface area (Å²) in [5.41, 5.74) is 0. The van der Waals surface area contributed by atoms with E-state index < -0.39 is 0 Å². The molecule has 0 aromatic heterocycles. The standard InChI is InChI=1S/C6H6N4O/c11-6-3-7-2-1-5-9-8-4-10(5)6/h1-2H,3-4H2. The minimum Gasteiger partial charge on any atom is -0.283 e. The molecule has 2 rings (SSSR count). The lowest BCUT2D eigenvalue weighted by Gasteiger charge is -2.10. The molecule has 5 nitrogen and oxygen atoms in total. The first-order chi connectivity index (χ1) is 5.38. The van der Waals surface area contributed by atoms with Crippen molar-refractivity contribution in [1.82, 2.24) is 4.90 Å². The van der Waals surface area contributed by atoms with E-state index in [4.69, 9.17) is 0 Å². The zero-order valence-corrected chi connectivity index (χ0v) is 5.77. The molecule has 0 aromatic rings. The Morgan fingerprint density at radius 2 is 2.45 bits per heavy atom. The molecule has 0 fully saturated rings. The molecule has 2 heterocycles. The highest BCUT2D eigenvalue weighted by Gasteiger charge is 2.21. The van der Waals surface area contributed by atoms with Crippen LogP contribution in [0.2, 0.25) is 0 Å². The molecule has 0 N–H and O–H groups in total. The topological polar surface area (TPSA) is 57.4 Å². The first-order valence-corrected chi connectivity index (χ1v) is 3.26. The minimum absolute atomic E-state index is 0.0463. The number of fused-ring (bicyclic) bond motifs is 1.